The minimum atomic E-state index is -4.97. The van der Waals surface area contributed by atoms with Crippen LogP contribution in [0.1, 0.15) is 30.0 Å². The highest BCUT2D eigenvalue weighted by Crippen LogP contribution is 2.38. The minimum Gasteiger partial charge on any atom is -0.340 e. The highest BCUT2D eigenvalue weighted by atomic mass is 32.2. The van der Waals surface area contributed by atoms with Crippen LogP contribution < -0.4 is 14.8 Å². The van der Waals surface area contributed by atoms with Crippen LogP contribution in [0.5, 0.6) is 0 Å². The van der Waals surface area contributed by atoms with Gasteiger partial charge in [0.2, 0.25) is 26.0 Å². The topological polar surface area (TPSA) is 134 Å². The Morgan fingerprint density at radius 3 is 2.18 bits per heavy atom. The van der Waals surface area contributed by atoms with Crippen molar-refractivity contribution in [3.8, 4) is 11.3 Å². The van der Waals surface area contributed by atoms with Crippen LogP contribution in [0.4, 0.5) is 28.9 Å². The summed E-state index contributed by atoms with van der Waals surface area (Å²) in [7, 11) is -7.45. The van der Waals surface area contributed by atoms with E-state index in [9.17, 15) is 39.2 Å². The third-order valence-corrected chi connectivity index (χ3v) is 6.58. The van der Waals surface area contributed by atoms with Crippen molar-refractivity contribution in [1.29, 1.82) is 0 Å². The van der Waals surface area contributed by atoms with Crippen LogP contribution in [0, 0.1) is 5.82 Å². The van der Waals surface area contributed by atoms with E-state index in [4.69, 9.17) is 0 Å². The number of carbonyl (C=O) groups is 1. The van der Waals surface area contributed by atoms with Crippen LogP contribution in [0.15, 0.2) is 60.8 Å². The number of benzene rings is 2. The van der Waals surface area contributed by atoms with Gasteiger partial charge in [-0.05, 0) is 42.8 Å². The average molecular weight is 589 g/mol. The van der Waals surface area contributed by atoms with Crippen molar-refractivity contribution in [3.05, 3.63) is 77.7 Å². The summed E-state index contributed by atoms with van der Waals surface area (Å²) in [4.78, 5) is 17.0. The van der Waals surface area contributed by atoms with Gasteiger partial charge in [0.1, 0.15) is 5.82 Å². The van der Waals surface area contributed by atoms with E-state index in [0.717, 1.165) is 30.7 Å². The Morgan fingerprint density at radius 2 is 1.59 bits per heavy atom. The van der Waals surface area contributed by atoms with Gasteiger partial charge in [-0.25, -0.2) is 21.2 Å². The highest BCUT2D eigenvalue weighted by molar-refractivity contribution is 7.92. The van der Waals surface area contributed by atoms with Crippen molar-refractivity contribution in [2.45, 2.75) is 25.1 Å². The number of amides is 1. The predicted octanol–water partition coefficient (Wildman–Crippen LogP) is 4.15. The van der Waals surface area contributed by atoms with Crippen LogP contribution in [0.25, 0.3) is 11.3 Å². The van der Waals surface area contributed by atoms with Gasteiger partial charge in [-0.15, -0.1) is 0 Å². The molecule has 1 heterocycles. The third-order valence-electron chi connectivity index (χ3n) is 5.38. The number of anilines is 2. The Kier molecular flexibility index (Phi) is 8.55. The molecular weight excluding hydrogens is 564 g/mol. The number of pyridine rings is 1. The molecule has 1 amide bonds. The third kappa shape index (κ3) is 8.13. The molecule has 3 rings (SSSR count). The van der Waals surface area contributed by atoms with E-state index >= 15 is 0 Å². The fraction of sp³-hybridized carbons (Fsp3) is 0.250. The number of hydrogen-bond acceptors (Lipinski definition) is 6. The first-order valence-electron chi connectivity index (χ1n) is 11.1. The normalized spacial score (nSPS) is 13.8. The summed E-state index contributed by atoms with van der Waals surface area (Å²) in [6, 6.07) is 8.60. The summed E-state index contributed by atoms with van der Waals surface area (Å²) in [6.45, 7) is 1.27. The van der Waals surface area contributed by atoms with Crippen molar-refractivity contribution in [2.75, 3.05) is 22.0 Å². The second kappa shape index (κ2) is 11.2. The molecule has 3 N–H and O–H groups in total. The van der Waals surface area contributed by atoms with Gasteiger partial charge in [0.25, 0.3) is 0 Å². The maximum atomic E-state index is 14.4. The largest absolute Gasteiger partial charge is 0.412 e. The fourth-order valence-electron chi connectivity index (χ4n) is 3.67. The van der Waals surface area contributed by atoms with Gasteiger partial charge in [-0.1, -0.05) is 24.3 Å². The maximum absolute atomic E-state index is 14.4. The Hall–Kier alpha value is -3.72. The monoisotopic (exact) mass is 588 g/mol. The van der Waals surface area contributed by atoms with E-state index in [-0.39, 0.29) is 28.2 Å². The lowest BCUT2D eigenvalue weighted by molar-refractivity contribution is -0.163. The number of rotatable bonds is 9. The lowest BCUT2D eigenvalue weighted by Gasteiger charge is -2.25. The SMILES string of the molecule is CC(C(=O)NC(c1cccnc1-c1cccc(NS(C)(=O)=O)c1)C(F)(F)F)c1ccc(NS(C)(=O)=O)c(F)c1. The molecule has 210 valence electrons. The van der Waals surface area contributed by atoms with E-state index < -0.39 is 55.5 Å². The van der Waals surface area contributed by atoms with Gasteiger partial charge < -0.3 is 5.32 Å². The molecule has 0 radical (unpaired) electrons. The number of hydrogen-bond donors (Lipinski definition) is 3. The highest BCUT2D eigenvalue weighted by Gasteiger charge is 2.44. The number of carbonyl (C=O) groups excluding carboxylic acids is 1. The van der Waals surface area contributed by atoms with Gasteiger partial charge in [-0.2, -0.15) is 13.2 Å². The van der Waals surface area contributed by atoms with Crippen LogP contribution in [-0.4, -0.2) is 46.4 Å². The first-order chi connectivity index (χ1) is 17.9. The Bertz CT molecular complexity index is 1600. The van der Waals surface area contributed by atoms with Crippen LogP contribution >= 0.6 is 0 Å². The van der Waals surface area contributed by atoms with Crippen molar-refractivity contribution >= 4 is 37.3 Å². The maximum Gasteiger partial charge on any atom is 0.412 e. The summed E-state index contributed by atoms with van der Waals surface area (Å²) in [5.41, 5.74) is -0.658. The van der Waals surface area contributed by atoms with Crippen LogP contribution in [-0.2, 0) is 24.8 Å². The van der Waals surface area contributed by atoms with Crippen molar-refractivity contribution in [2.24, 2.45) is 0 Å². The standard InChI is InChI=1S/C24H24F4N4O5S2/c1-14(15-9-10-20(19(25)13-15)32-39(3,36)37)23(33)30-22(24(26,27)28)18-8-5-11-29-21(18)16-6-4-7-17(12-16)31-38(2,34)35/h4-14,22,31-32H,1-3H3,(H,30,33). The zero-order chi connectivity index (χ0) is 29.2. The predicted molar refractivity (Wildman–Crippen MR) is 138 cm³/mol. The summed E-state index contributed by atoms with van der Waals surface area (Å²) in [5, 5.41) is 1.96. The van der Waals surface area contributed by atoms with E-state index in [2.05, 4.69) is 9.71 Å². The van der Waals surface area contributed by atoms with Crippen molar-refractivity contribution in [1.82, 2.24) is 10.3 Å². The van der Waals surface area contributed by atoms with E-state index in [1.54, 1.807) is 0 Å². The molecule has 0 saturated heterocycles. The summed E-state index contributed by atoms with van der Waals surface area (Å²) >= 11 is 0. The molecule has 0 aliphatic heterocycles. The molecule has 0 bridgehead atoms. The van der Waals surface area contributed by atoms with Crippen LogP contribution in [0.2, 0.25) is 0 Å². The first kappa shape index (κ1) is 29.8. The molecule has 2 aromatic carbocycles. The van der Waals surface area contributed by atoms with Crippen molar-refractivity contribution in [3.63, 3.8) is 0 Å². The Labute approximate surface area is 222 Å². The van der Waals surface area contributed by atoms with Gasteiger partial charge in [0, 0.05) is 23.0 Å². The summed E-state index contributed by atoms with van der Waals surface area (Å²) < 4.78 is 107. The van der Waals surface area contributed by atoms with Crippen molar-refractivity contribution < 1.29 is 39.2 Å². The van der Waals surface area contributed by atoms with Gasteiger partial charge >= 0.3 is 6.18 Å². The molecule has 0 aliphatic rings. The second-order valence-corrected chi connectivity index (χ2v) is 12.2. The second-order valence-electron chi connectivity index (χ2n) is 8.71. The first-order valence-corrected chi connectivity index (χ1v) is 14.9. The lowest BCUT2D eigenvalue weighted by Crippen LogP contribution is -2.40. The summed E-state index contributed by atoms with van der Waals surface area (Å²) in [6.07, 6.45) is -1.98. The molecule has 15 heteroatoms. The van der Waals surface area contributed by atoms with Gasteiger partial charge in [0.05, 0.1) is 29.8 Å². The quantitative estimate of drug-likeness (QED) is 0.322. The Balaban J connectivity index is 1.95. The lowest BCUT2D eigenvalue weighted by atomic mass is 9.96. The number of sulfonamides is 2. The van der Waals surface area contributed by atoms with E-state index in [1.165, 1.54) is 49.5 Å². The number of nitrogens with one attached hydrogen (secondary N) is 3. The Morgan fingerprint density at radius 1 is 0.923 bits per heavy atom. The molecule has 3 aromatic rings. The molecule has 0 saturated carbocycles. The smallest absolute Gasteiger partial charge is 0.340 e. The minimum absolute atomic E-state index is 0.0101. The van der Waals surface area contributed by atoms with Gasteiger partial charge in [0.15, 0.2) is 6.04 Å². The number of halogens is 4. The molecule has 1 aromatic heterocycles. The zero-order valence-electron chi connectivity index (χ0n) is 20.7. The summed E-state index contributed by atoms with van der Waals surface area (Å²) in [5.74, 6) is -3.34. The fourth-order valence-corrected chi connectivity index (χ4v) is 4.79. The molecule has 0 spiro atoms. The number of aromatic nitrogens is 1. The average Bonchev–Trinajstić information content (AvgIpc) is 2.81. The molecular formula is C24H24F4N4O5S2. The molecule has 2 atom stereocenters. The zero-order valence-corrected chi connectivity index (χ0v) is 22.4. The molecule has 2 unspecified atom stereocenters. The molecule has 9 nitrogen and oxygen atoms in total. The van der Waals surface area contributed by atoms with Gasteiger partial charge in [-0.3, -0.25) is 19.2 Å². The van der Waals surface area contributed by atoms with E-state index in [0.29, 0.717) is 0 Å². The number of alkyl halides is 3. The molecule has 0 fully saturated rings. The molecule has 39 heavy (non-hydrogen) atoms. The van der Waals surface area contributed by atoms with Crippen LogP contribution in [0.3, 0.4) is 0 Å². The van der Waals surface area contributed by atoms with E-state index in [1.807, 2.05) is 10.0 Å². The molecule has 0 aliphatic carbocycles. The number of nitrogens with zero attached hydrogens (tertiary/aromatic N) is 1.